The highest BCUT2D eigenvalue weighted by Crippen LogP contribution is 2.21. The molecule has 42 heavy (non-hydrogen) atoms. The van der Waals surface area contributed by atoms with Crippen LogP contribution < -0.4 is 9.62 Å². The first-order valence-electron chi connectivity index (χ1n) is 14.5. The molecular weight excluding hydrogens is 553 g/mol. The first-order chi connectivity index (χ1) is 20.0. The Kier molecular flexibility index (Phi) is 12.1. The predicted molar refractivity (Wildman–Crippen MR) is 166 cm³/mol. The average molecular weight is 596 g/mol. The second-order valence-corrected chi connectivity index (χ2v) is 12.5. The zero-order valence-electron chi connectivity index (χ0n) is 24.9. The Labute approximate surface area is 249 Å². The molecule has 0 saturated heterocycles. The van der Waals surface area contributed by atoms with Gasteiger partial charge in [0.05, 0.1) is 11.9 Å². The Morgan fingerprint density at radius 1 is 0.905 bits per heavy atom. The van der Waals surface area contributed by atoms with E-state index in [0.717, 1.165) is 23.8 Å². The van der Waals surface area contributed by atoms with Crippen LogP contribution in [0.2, 0.25) is 0 Å². The van der Waals surface area contributed by atoms with Gasteiger partial charge in [-0.25, -0.2) is 12.8 Å². The van der Waals surface area contributed by atoms with Crippen LogP contribution in [0.4, 0.5) is 10.1 Å². The third-order valence-electron chi connectivity index (χ3n) is 7.36. The number of anilines is 1. The van der Waals surface area contributed by atoms with E-state index in [1.54, 1.807) is 30.3 Å². The SMILES string of the molecule is CCc1ccc(N(CCCC(=O)N(Cc2ccccc2F)[C@H](Cc2ccccc2)C(=O)N[C@H](C)CC)S(C)(=O)=O)cc1. The van der Waals surface area contributed by atoms with Crippen molar-refractivity contribution in [1.82, 2.24) is 10.2 Å². The Balaban J connectivity index is 1.89. The van der Waals surface area contributed by atoms with E-state index in [0.29, 0.717) is 17.7 Å². The van der Waals surface area contributed by atoms with Crippen LogP contribution in [-0.2, 0) is 39.0 Å². The molecule has 1 N–H and O–H groups in total. The van der Waals surface area contributed by atoms with Crippen LogP contribution in [0.25, 0.3) is 0 Å². The standard InChI is InChI=1S/C33H42FN3O4S/c1-5-25(3)35-33(39)31(23-27-13-8-7-9-14-27)36(24-28-15-10-11-16-30(28)34)32(38)17-12-22-37(42(4,40)41)29-20-18-26(6-2)19-21-29/h7-11,13-16,18-21,25,31H,5-6,12,17,22-24H2,1-4H3,(H,35,39)/t25-,31-/m1/s1. The molecule has 0 aromatic heterocycles. The van der Waals surface area contributed by atoms with Gasteiger partial charge in [0.15, 0.2) is 0 Å². The van der Waals surface area contributed by atoms with Crippen LogP contribution in [0.3, 0.4) is 0 Å². The number of carbonyl (C=O) groups is 2. The largest absolute Gasteiger partial charge is 0.352 e. The number of carbonyl (C=O) groups excluding carboxylic acids is 2. The molecule has 0 fully saturated rings. The average Bonchev–Trinajstić information content (AvgIpc) is 2.97. The monoisotopic (exact) mass is 595 g/mol. The Morgan fingerprint density at radius 2 is 1.55 bits per heavy atom. The molecule has 0 saturated carbocycles. The number of hydrogen-bond acceptors (Lipinski definition) is 4. The molecule has 7 nitrogen and oxygen atoms in total. The number of benzene rings is 3. The molecule has 0 bridgehead atoms. The van der Waals surface area contributed by atoms with E-state index in [2.05, 4.69) is 5.32 Å². The van der Waals surface area contributed by atoms with Crippen LogP contribution in [0.1, 0.15) is 56.7 Å². The van der Waals surface area contributed by atoms with Gasteiger partial charge in [-0.15, -0.1) is 0 Å². The predicted octanol–water partition coefficient (Wildman–Crippen LogP) is 5.49. The minimum Gasteiger partial charge on any atom is -0.352 e. The van der Waals surface area contributed by atoms with Crippen LogP contribution in [0, 0.1) is 5.82 Å². The quantitative estimate of drug-likeness (QED) is 0.252. The lowest BCUT2D eigenvalue weighted by Gasteiger charge is -2.33. The molecule has 0 spiro atoms. The van der Waals surface area contributed by atoms with Crippen molar-refractivity contribution in [3.05, 3.63) is 101 Å². The molecule has 0 aliphatic carbocycles. The fourth-order valence-electron chi connectivity index (χ4n) is 4.71. The topological polar surface area (TPSA) is 86.8 Å². The number of nitrogens with one attached hydrogen (secondary N) is 1. The number of aryl methyl sites for hydroxylation is 1. The summed E-state index contributed by atoms with van der Waals surface area (Å²) in [6.07, 6.45) is 3.15. The zero-order chi connectivity index (χ0) is 30.7. The van der Waals surface area contributed by atoms with Gasteiger partial charge in [0.1, 0.15) is 11.9 Å². The summed E-state index contributed by atoms with van der Waals surface area (Å²) in [5.41, 5.74) is 2.78. The molecule has 0 aliphatic heterocycles. The fraction of sp³-hybridized carbons (Fsp3) is 0.394. The molecule has 0 aliphatic rings. The maximum atomic E-state index is 14.8. The number of nitrogens with zero attached hydrogens (tertiary/aromatic N) is 2. The third-order valence-corrected chi connectivity index (χ3v) is 8.55. The molecule has 0 heterocycles. The van der Waals surface area contributed by atoms with Crippen molar-refractivity contribution in [2.45, 2.75) is 71.5 Å². The first-order valence-corrected chi connectivity index (χ1v) is 16.3. The number of halogens is 1. The Hall–Kier alpha value is -3.72. The highest BCUT2D eigenvalue weighted by Gasteiger charge is 2.31. The van der Waals surface area contributed by atoms with Gasteiger partial charge in [-0.2, -0.15) is 0 Å². The summed E-state index contributed by atoms with van der Waals surface area (Å²) >= 11 is 0. The highest BCUT2D eigenvalue weighted by molar-refractivity contribution is 7.92. The molecule has 9 heteroatoms. The maximum absolute atomic E-state index is 14.8. The van der Waals surface area contributed by atoms with E-state index in [9.17, 15) is 22.4 Å². The fourth-order valence-corrected chi connectivity index (χ4v) is 5.67. The lowest BCUT2D eigenvalue weighted by molar-refractivity contribution is -0.141. The Morgan fingerprint density at radius 3 is 2.14 bits per heavy atom. The van der Waals surface area contributed by atoms with Crippen LogP contribution >= 0.6 is 0 Å². The van der Waals surface area contributed by atoms with Gasteiger partial charge in [-0.1, -0.05) is 74.5 Å². The van der Waals surface area contributed by atoms with E-state index in [-0.39, 0.29) is 50.2 Å². The summed E-state index contributed by atoms with van der Waals surface area (Å²) in [4.78, 5) is 28.9. The lowest BCUT2D eigenvalue weighted by atomic mass is 10.0. The molecule has 0 radical (unpaired) electrons. The highest BCUT2D eigenvalue weighted by atomic mass is 32.2. The van der Waals surface area contributed by atoms with Crippen molar-refractivity contribution in [3.63, 3.8) is 0 Å². The third kappa shape index (κ3) is 9.41. The van der Waals surface area contributed by atoms with Crippen LogP contribution in [0.5, 0.6) is 0 Å². The second-order valence-electron chi connectivity index (χ2n) is 10.6. The van der Waals surface area contributed by atoms with Gasteiger partial charge in [-0.05, 0) is 55.5 Å². The van der Waals surface area contributed by atoms with Gasteiger partial charge < -0.3 is 10.2 Å². The van der Waals surface area contributed by atoms with Crippen molar-refractivity contribution in [2.75, 3.05) is 17.1 Å². The minimum absolute atomic E-state index is 0.0184. The van der Waals surface area contributed by atoms with Crippen molar-refractivity contribution >= 4 is 27.5 Å². The van der Waals surface area contributed by atoms with E-state index < -0.39 is 21.9 Å². The number of sulfonamides is 1. The summed E-state index contributed by atoms with van der Waals surface area (Å²) in [6, 6.07) is 21.9. The van der Waals surface area contributed by atoms with Crippen molar-refractivity contribution in [1.29, 1.82) is 0 Å². The summed E-state index contributed by atoms with van der Waals surface area (Å²) in [6.45, 7) is 5.88. The molecule has 2 atom stereocenters. The normalized spacial score (nSPS) is 12.8. The lowest BCUT2D eigenvalue weighted by Crippen LogP contribution is -2.52. The smallest absolute Gasteiger partial charge is 0.243 e. The van der Waals surface area contributed by atoms with Gasteiger partial charge in [0.25, 0.3) is 0 Å². The molecule has 0 unspecified atom stereocenters. The molecule has 2 amide bonds. The summed E-state index contributed by atoms with van der Waals surface area (Å²) in [7, 11) is -3.60. The summed E-state index contributed by atoms with van der Waals surface area (Å²) in [5.74, 6) is -1.13. The summed E-state index contributed by atoms with van der Waals surface area (Å²) < 4.78 is 41.4. The van der Waals surface area contributed by atoms with E-state index in [4.69, 9.17) is 0 Å². The van der Waals surface area contributed by atoms with Crippen molar-refractivity contribution in [3.8, 4) is 0 Å². The molecule has 226 valence electrons. The van der Waals surface area contributed by atoms with Gasteiger partial charge in [-0.3, -0.25) is 13.9 Å². The molecule has 3 aromatic carbocycles. The molecule has 3 aromatic rings. The zero-order valence-corrected chi connectivity index (χ0v) is 25.7. The summed E-state index contributed by atoms with van der Waals surface area (Å²) in [5, 5.41) is 3.00. The molecule has 3 rings (SSSR count). The van der Waals surface area contributed by atoms with E-state index >= 15 is 0 Å². The number of rotatable bonds is 15. The van der Waals surface area contributed by atoms with Crippen LogP contribution in [0.15, 0.2) is 78.9 Å². The van der Waals surface area contributed by atoms with E-state index in [1.165, 1.54) is 15.3 Å². The van der Waals surface area contributed by atoms with Gasteiger partial charge in [0.2, 0.25) is 21.8 Å². The first kappa shape index (κ1) is 32.8. The van der Waals surface area contributed by atoms with Crippen LogP contribution in [-0.4, -0.2) is 50.0 Å². The van der Waals surface area contributed by atoms with Gasteiger partial charge in [0, 0.05) is 37.5 Å². The Bertz CT molecular complexity index is 1410. The minimum atomic E-state index is -3.60. The number of amides is 2. The van der Waals surface area contributed by atoms with Crippen molar-refractivity contribution in [2.24, 2.45) is 0 Å². The van der Waals surface area contributed by atoms with E-state index in [1.807, 2.05) is 63.2 Å². The number of hydrogen-bond donors (Lipinski definition) is 1. The second kappa shape index (κ2) is 15.5. The van der Waals surface area contributed by atoms with Gasteiger partial charge >= 0.3 is 0 Å². The van der Waals surface area contributed by atoms with Crippen molar-refractivity contribution < 1.29 is 22.4 Å². The molecular formula is C33H42FN3O4S. The maximum Gasteiger partial charge on any atom is 0.243 e.